The second kappa shape index (κ2) is 6.16. The van der Waals surface area contributed by atoms with Gasteiger partial charge in [0.25, 0.3) is 0 Å². The lowest BCUT2D eigenvalue weighted by atomic mass is 9.87. The van der Waals surface area contributed by atoms with Crippen LogP contribution in [-0.4, -0.2) is 45.5 Å². The van der Waals surface area contributed by atoms with Crippen LogP contribution in [0.3, 0.4) is 0 Å². The molecule has 2 atom stereocenters. The Bertz CT molecular complexity index is 605. The molecule has 0 aliphatic rings. The van der Waals surface area contributed by atoms with Gasteiger partial charge in [-0.3, -0.25) is 4.68 Å². The van der Waals surface area contributed by atoms with Gasteiger partial charge in [0.05, 0.1) is 17.3 Å². The van der Waals surface area contributed by atoms with Crippen LogP contribution < -0.4 is 0 Å². The van der Waals surface area contributed by atoms with Crippen molar-refractivity contribution < 1.29 is 5.11 Å². The van der Waals surface area contributed by atoms with Crippen LogP contribution in [0.5, 0.6) is 0 Å². The SMILES string of the molecule is CCn1nc(CC(O)C(C)(CC)N(C)C)c2ccccc21. The summed E-state index contributed by atoms with van der Waals surface area (Å²) in [5, 5.41) is 16.6. The highest BCUT2D eigenvalue weighted by Gasteiger charge is 2.34. The van der Waals surface area contributed by atoms with Crippen molar-refractivity contribution in [2.75, 3.05) is 14.1 Å². The number of likely N-dealkylation sites (N-methyl/N-ethyl adjacent to an activating group) is 1. The first-order valence-corrected chi connectivity index (χ1v) is 7.74. The Balaban J connectivity index is 2.36. The zero-order valence-corrected chi connectivity index (χ0v) is 13.8. The first-order chi connectivity index (χ1) is 9.93. The van der Waals surface area contributed by atoms with Gasteiger partial charge in [-0.15, -0.1) is 0 Å². The molecule has 0 fully saturated rings. The van der Waals surface area contributed by atoms with E-state index in [2.05, 4.69) is 37.8 Å². The summed E-state index contributed by atoms with van der Waals surface area (Å²) < 4.78 is 2.01. The van der Waals surface area contributed by atoms with E-state index in [-0.39, 0.29) is 5.54 Å². The van der Waals surface area contributed by atoms with Gasteiger partial charge in [0.2, 0.25) is 0 Å². The molecule has 116 valence electrons. The molecule has 2 unspecified atom stereocenters. The van der Waals surface area contributed by atoms with Gasteiger partial charge >= 0.3 is 0 Å². The van der Waals surface area contributed by atoms with E-state index >= 15 is 0 Å². The normalized spacial score (nSPS) is 16.3. The molecule has 2 aromatic rings. The first-order valence-electron chi connectivity index (χ1n) is 7.74. The monoisotopic (exact) mass is 289 g/mol. The fraction of sp³-hybridized carbons (Fsp3) is 0.588. The number of nitrogens with zero attached hydrogens (tertiary/aromatic N) is 3. The van der Waals surface area contributed by atoms with Crippen LogP contribution in [0.2, 0.25) is 0 Å². The summed E-state index contributed by atoms with van der Waals surface area (Å²) in [5.41, 5.74) is 1.89. The lowest BCUT2D eigenvalue weighted by Crippen LogP contribution is -2.51. The van der Waals surface area contributed by atoms with Crippen LogP contribution in [0.1, 0.15) is 32.9 Å². The highest BCUT2D eigenvalue weighted by atomic mass is 16.3. The number of aromatic nitrogens is 2. The number of hydrogen-bond donors (Lipinski definition) is 1. The minimum Gasteiger partial charge on any atom is -0.391 e. The molecular formula is C17H27N3O. The number of aliphatic hydroxyl groups excluding tert-OH is 1. The molecule has 0 saturated heterocycles. The third-order valence-electron chi connectivity index (χ3n) is 4.88. The zero-order chi connectivity index (χ0) is 15.6. The lowest BCUT2D eigenvalue weighted by molar-refractivity contribution is 0.00257. The zero-order valence-electron chi connectivity index (χ0n) is 13.8. The highest BCUT2D eigenvalue weighted by Crippen LogP contribution is 2.26. The molecule has 1 heterocycles. The maximum Gasteiger partial charge on any atom is 0.0777 e. The molecule has 1 aromatic heterocycles. The number of para-hydroxylation sites is 1. The Kier molecular flexibility index (Phi) is 4.69. The maximum absolute atomic E-state index is 10.7. The average Bonchev–Trinajstić information content (AvgIpc) is 2.84. The van der Waals surface area contributed by atoms with E-state index in [0.29, 0.717) is 6.42 Å². The maximum atomic E-state index is 10.7. The van der Waals surface area contributed by atoms with E-state index in [0.717, 1.165) is 29.6 Å². The van der Waals surface area contributed by atoms with E-state index in [4.69, 9.17) is 5.10 Å². The van der Waals surface area contributed by atoms with E-state index in [1.165, 1.54) is 0 Å². The molecule has 1 aromatic carbocycles. The van der Waals surface area contributed by atoms with Crippen molar-refractivity contribution in [1.82, 2.24) is 14.7 Å². The third-order valence-corrected chi connectivity index (χ3v) is 4.88. The molecule has 21 heavy (non-hydrogen) atoms. The van der Waals surface area contributed by atoms with E-state index < -0.39 is 6.10 Å². The number of benzene rings is 1. The molecule has 0 radical (unpaired) electrons. The summed E-state index contributed by atoms with van der Waals surface area (Å²) in [6.07, 6.45) is 1.03. The van der Waals surface area contributed by atoms with Crippen LogP contribution in [-0.2, 0) is 13.0 Å². The Morgan fingerprint density at radius 3 is 2.52 bits per heavy atom. The summed E-state index contributed by atoms with van der Waals surface area (Å²) in [7, 11) is 4.05. The second-order valence-electron chi connectivity index (χ2n) is 6.10. The van der Waals surface area contributed by atoms with E-state index in [1.807, 2.05) is 30.9 Å². The number of aryl methyl sites for hydroxylation is 1. The van der Waals surface area contributed by atoms with Gasteiger partial charge in [-0.2, -0.15) is 5.10 Å². The molecule has 0 aliphatic carbocycles. The molecule has 4 heteroatoms. The Labute approximate surface area is 127 Å². The minimum absolute atomic E-state index is 0.239. The third kappa shape index (κ3) is 2.83. The summed E-state index contributed by atoms with van der Waals surface area (Å²) in [5.74, 6) is 0. The van der Waals surface area contributed by atoms with Crippen LogP contribution in [0.25, 0.3) is 10.9 Å². The van der Waals surface area contributed by atoms with Gasteiger partial charge in [-0.1, -0.05) is 25.1 Å². The molecule has 0 amide bonds. The Hall–Kier alpha value is -1.39. The van der Waals surface area contributed by atoms with E-state index in [1.54, 1.807) is 0 Å². The number of hydrogen-bond acceptors (Lipinski definition) is 3. The molecular weight excluding hydrogens is 262 g/mol. The molecule has 1 N–H and O–H groups in total. The Morgan fingerprint density at radius 2 is 1.95 bits per heavy atom. The topological polar surface area (TPSA) is 41.3 Å². The predicted molar refractivity (Wildman–Crippen MR) is 87.5 cm³/mol. The van der Waals surface area contributed by atoms with Crippen LogP contribution >= 0.6 is 0 Å². The van der Waals surface area contributed by atoms with Crippen molar-refractivity contribution in [3.05, 3.63) is 30.0 Å². The van der Waals surface area contributed by atoms with Crippen molar-refractivity contribution in [1.29, 1.82) is 0 Å². The number of fused-ring (bicyclic) bond motifs is 1. The molecule has 0 bridgehead atoms. The Morgan fingerprint density at radius 1 is 1.29 bits per heavy atom. The van der Waals surface area contributed by atoms with Crippen LogP contribution in [0.4, 0.5) is 0 Å². The van der Waals surface area contributed by atoms with Crippen LogP contribution in [0, 0.1) is 0 Å². The number of rotatable bonds is 6. The van der Waals surface area contributed by atoms with E-state index in [9.17, 15) is 5.11 Å². The van der Waals surface area contributed by atoms with Crippen molar-refractivity contribution in [3.63, 3.8) is 0 Å². The fourth-order valence-corrected chi connectivity index (χ4v) is 2.84. The van der Waals surface area contributed by atoms with Gasteiger partial charge in [-0.05, 0) is 40.4 Å². The lowest BCUT2D eigenvalue weighted by Gasteiger charge is -2.39. The van der Waals surface area contributed by atoms with Crippen LogP contribution in [0.15, 0.2) is 24.3 Å². The van der Waals surface area contributed by atoms with Gasteiger partial charge in [0, 0.05) is 23.9 Å². The fourth-order valence-electron chi connectivity index (χ4n) is 2.84. The summed E-state index contributed by atoms with van der Waals surface area (Å²) >= 11 is 0. The predicted octanol–water partition coefficient (Wildman–Crippen LogP) is 2.69. The molecule has 2 rings (SSSR count). The van der Waals surface area contributed by atoms with Crippen molar-refractivity contribution >= 4 is 10.9 Å². The largest absolute Gasteiger partial charge is 0.391 e. The smallest absolute Gasteiger partial charge is 0.0777 e. The van der Waals surface area contributed by atoms with Crippen molar-refractivity contribution in [2.45, 2.75) is 51.8 Å². The average molecular weight is 289 g/mol. The summed E-state index contributed by atoms with van der Waals surface area (Å²) in [6.45, 7) is 7.16. The molecule has 4 nitrogen and oxygen atoms in total. The van der Waals surface area contributed by atoms with Gasteiger partial charge in [-0.25, -0.2) is 0 Å². The van der Waals surface area contributed by atoms with Gasteiger partial charge in [0.1, 0.15) is 0 Å². The van der Waals surface area contributed by atoms with Crippen molar-refractivity contribution in [3.8, 4) is 0 Å². The molecule has 0 spiro atoms. The summed E-state index contributed by atoms with van der Waals surface area (Å²) in [6, 6.07) is 8.25. The standard InChI is InChI=1S/C17H27N3O/c1-6-17(3,19(4)5)16(21)12-14-13-10-8-9-11-15(13)20(7-2)18-14/h8-11,16,21H,6-7,12H2,1-5H3. The number of aliphatic hydroxyl groups is 1. The first kappa shape index (κ1) is 16.0. The van der Waals surface area contributed by atoms with Gasteiger partial charge < -0.3 is 10.0 Å². The molecule has 0 saturated carbocycles. The second-order valence-corrected chi connectivity index (χ2v) is 6.10. The highest BCUT2D eigenvalue weighted by molar-refractivity contribution is 5.82. The van der Waals surface area contributed by atoms with Gasteiger partial charge in [0.15, 0.2) is 0 Å². The quantitative estimate of drug-likeness (QED) is 0.889. The minimum atomic E-state index is -0.443. The van der Waals surface area contributed by atoms with Crippen molar-refractivity contribution in [2.24, 2.45) is 0 Å². The molecule has 0 aliphatic heterocycles. The summed E-state index contributed by atoms with van der Waals surface area (Å²) in [4.78, 5) is 2.11.